The van der Waals surface area contributed by atoms with Gasteiger partial charge < -0.3 is 15.8 Å². The van der Waals surface area contributed by atoms with E-state index >= 15 is 0 Å². The lowest BCUT2D eigenvalue weighted by molar-refractivity contribution is -0.116. The van der Waals surface area contributed by atoms with Gasteiger partial charge in [-0.3, -0.25) is 4.79 Å². The number of halogens is 1. The summed E-state index contributed by atoms with van der Waals surface area (Å²) >= 11 is 6.16. The Bertz CT molecular complexity index is 500. The van der Waals surface area contributed by atoms with Crippen LogP contribution in [0.5, 0.6) is 5.75 Å². The van der Waals surface area contributed by atoms with E-state index < -0.39 is 6.04 Å². The monoisotopic (exact) mass is 268 g/mol. The summed E-state index contributed by atoms with van der Waals surface area (Å²) in [5.41, 5.74) is 6.84. The maximum absolute atomic E-state index is 11.5. The molecular weight excluding hydrogens is 252 g/mol. The van der Waals surface area contributed by atoms with Crippen molar-refractivity contribution in [2.75, 3.05) is 5.32 Å². The van der Waals surface area contributed by atoms with Gasteiger partial charge in [0.25, 0.3) is 0 Å². The predicted molar refractivity (Wildman–Crippen MR) is 72.0 cm³/mol. The zero-order valence-electron chi connectivity index (χ0n) is 10.7. The molecule has 1 aromatic carbocycles. The Labute approximate surface area is 111 Å². The summed E-state index contributed by atoms with van der Waals surface area (Å²) in [4.78, 5) is 11.5. The van der Waals surface area contributed by atoms with E-state index in [1.807, 2.05) is 20.8 Å². The molecule has 98 valence electrons. The Morgan fingerprint density at radius 3 is 2.78 bits per heavy atom. The molecule has 3 N–H and O–H groups in total. The standard InChI is InChI=1S/C13H17ClN2O2/c1-4-13(2,3)18-10-6-9-7(5-8(10)14)11(15)12(17)16-9/h5-6,11H,4,15H2,1-3H3,(H,16,17). The van der Waals surface area contributed by atoms with Gasteiger partial charge >= 0.3 is 0 Å². The summed E-state index contributed by atoms with van der Waals surface area (Å²) in [6, 6.07) is 2.78. The van der Waals surface area contributed by atoms with Gasteiger partial charge in [-0.15, -0.1) is 0 Å². The highest BCUT2D eigenvalue weighted by molar-refractivity contribution is 6.32. The van der Waals surface area contributed by atoms with Gasteiger partial charge in [-0.25, -0.2) is 0 Å². The van der Waals surface area contributed by atoms with Crippen LogP contribution in [0.2, 0.25) is 5.02 Å². The molecule has 0 radical (unpaired) electrons. The highest BCUT2D eigenvalue weighted by atomic mass is 35.5. The Morgan fingerprint density at radius 1 is 1.50 bits per heavy atom. The third-order valence-electron chi connectivity index (χ3n) is 3.22. The number of anilines is 1. The summed E-state index contributed by atoms with van der Waals surface area (Å²) < 4.78 is 5.85. The minimum Gasteiger partial charge on any atom is -0.486 e. The van der Waals surface area contributed by atoms with Crippen LogP contribution in [0.25, 0.3) is 0 Å². The maximum Gasteiger partial charge on any atom is 0.245 e. The van der Waals surface area contributed by atoms with Crippen LogP contribution in [0.1, 0.15) is 38.8 Å². The molecule has 2 rings (SSSR count). The molecule has 1 atom stereocenters. The lowest BCUT2D eigenvalue weighted by atomic mass is 10.1. The number of hydrogen-bond donors (Lipinski definition) is 2. The van der Waals surface area contributed by atoms with Crippen LogP contribution >= 0.6 is 11.6 Å². The fourth-order valence-corrected chi connectivity index (χ4v) is 1.94. The number of fused-ring (bicyclic) bond motifs is 1. The minimum atomic E-state index is -0.647. The molecule has 0 spiro atoms. The highest BCUT2D eigenvalue weighted by Gasteiger charge is 2.29. The highest BCUT2D eigenvalue weighted by Crippen LogP contribution is 2.39. The number of carbonyl (C=O) groups excluding carboxylic acids is 1. The lowest BCUT2D eigenvalue weighted by Gasteiger charge is -2.25. The van der Waals surface area contributed by atoms with Crippen LogP contribution in [-0.2, 0) is 4.79 Å². The predicted octanol–water partition coefficient (Wildman–Crippen LogP) is 2.86. The summed E-state index contributed by atoms with van der Waals surface area (Å²) in [6.45, 7) is 6.01. The second kappa shape index (κ2) is 4.44. The molecule has 0 fully saturated rings. The van der Waals surface area contributed by atoms with Gasteiger partial charge in [0.1, 0.15) is 17.4 Å². The zero-order valence-corrected chi connectivity index (χ0v) is 11.5. The van der Waals surface area contributed by atoms with Crippen LogP contribution in [0.3, 0.4) is 0 Å². The van der Waals surface area contributed by atoms with Crippen LogP contribution < -0.4 is 15.8 Å². The number of carbonyl (C=O) groups is 1. The summed E-state index contributed by atoms with van der Waals surface area (Å²) in [5.74, 6) is 0.352. The average Bonchev–Trinajstić information content (AvgIpc) is 2.56. The van der Waals surface area contributed by atoms with E-state index in [9.17, 15) is 4.79 Å². The molecule has 1 aliphatic rings. The first-order valence-corrected chi connectivity index (χ1v) is 6.31. The molecule has 0 aliphatic carbocycles. The number of rotatable bonds is 3. The van der Waals surface area contributed by atoms with Crippen molar-refractivity contribution in [2.45, 2.75) is 38.8 Å². The van der Waals surface area contributed by atoms with Gasteiger partial charge in [0.05, 0.1) is 5.02 Å². The molecule has 1 amide bonds. The van der Waals surface area contributed by atoms with Crippen LogP contribution in [0.15, 0.2) is 12.1 Å². The van der Waals surface area contributed by atoms with Gasteiger partial charge in [0.15, 0.2) is 0 Å². The van der Waals surface area contributed by atoms with Crippen LogP contribution in [0, 0.1) is 0 Å². The number of hydrogen-bond acceptors (Lipinski definition) is 3. The molecule has 1 heterocycles. The molecule has 0 bridgehead atoms. The van der Waals surface area contributed by atoms with Gasteiger partial charge in [-0.2, -0.15) is 0 Å². The van der Waals surface area contributed by atoms with Crippen molar-refractivity contribution < 1.29 is 9.53 Å². The Morgan fingerprint density at radius 2 is 2.17 bits per heavy atom. The SMILES string of the molecule is CCC(C)(C)Oc1cc2c(cc1Cl)C(N)C(=O)N2. The normalized spacial score (nSPS) is 18.5. The fourth-order valence-electron chi connectivity index (χ4n) is 1.73. The number of ether oxygens (including phenoxy) is 1. The molecule has 1 aliphatic heterocycles. The van der Waals surface area contributed by atoms with E-state index in [1.54, 1.807) is 12.1 Å². The molecule has 5 heteroatoms. The number of benzene rings is 1. The Balaban J connectivity index is 2.36. The van der Waals surface area contributed by atoms with E-state index in [0.717, 1.165) is 6.42 Å². The third-order valence-corrected chi connectivity index (χ3v) is 3.51. The molecule has 4 nitrogen and oxygen atoms in total. The Kier molecular flexibility index (Phi) is 3.25. The first kappa shape index (κ1) is 13.2. The maximum atomic E-state index is 11.5. The van der Waals surface area contributed by atoms with Gasteiger partial charge in [0.2, 0.25) is 5.91 Å². The quantitative estimate of drug-likeness (QED) is 0.886. The summed E-state index contributed by atoms with van der Waals surface area (Å²) in [7, 11) is 0. The number of nitrogens with one attached hydrogen (secondary N) is 1. The van der Waals surface area contributed by atoms with Crippen molar-refractivity contribution >= 4 is 23.2 Å². The van der Waals surface area contributed by atoms with Crippen molar-refractivity contribution in [3.63, 3.8) is 0 Å². The van der Waals surface area contributed by atoms with Gasteiger partial charge in [-0.05, 0) is 26.3 Å². The molecule has 18 heavy (non-hydrogen) atoms. The van der Waals surface area contributed by atoms with Gasteiger partial charge in [0, 0.05) is 17.3 Å². The Hall–Kier alpha value is -1.26. The molecule has 1 aromatic rings. The minimum absolute atomic E-state index is 0.215. The topological polar surface area (TPSA) is 64.3 Å². The van der Waals surface area contributed by atoms with Crippen molar-refractivity contribution in [3.8, 4) is 5.75 Å². The van der Waals surface area contributed by atoms with Gasteiger partial charge in [-0.1, -0.05) is 18.5 Å². The van der Waals surface area contributed by atoms with E-state index in [1.165, 1.54) is 0 Å². The average molecular weight is 269 g/mol. The van der Waals surface area contributed by atoms with E-state index in [4.69, 9.17) is 22.1 Å². The summed E-state index contributed by atoms with van der Waals surface area (Å²) in [5, 5.41) is 3.19. The van der Waals surface area contributed by atoms with Crippen LogP contribution in [-0.4, -0.2) is 11.5 Å². The second-order valence-corrected chi connectivity index (χ2v) is 5.46. The molecule has 0 saturated carbocycles. The molecular formula is C13H17ClN2O2. The van der Waals surface area contributed by atoms with Crippen molar-refractivity contribution in [3.05, 3.63) is 22.7 Å². The molecule has 0 aromatic heterocycles. The number of amides is 1. The summed E-state index contributed by atoms with van der Waals surface area (Å²) in [6.07, 6.45) is 0.853. The third kappa shape index (κ3) is 2.31. The largest absolute Gasteiger partial charge is 0.486 e. The molecule has 1 unspecified atom stereocenters. The van der Waals surface area contributed by atoms with E-state index in [2.05, 4.69) is 5.32 Å². The van der Waals surface area contributed by atoms with Crippen molar-refractivity contribution in [1.82, 2.24) is 0 Å². The fraction of sp³-hybridized carbons (Fsp3) is 0.462. The van der Waals surface area contributed by atoms with Crippen molar-refractivity contribution in [1.29, 1.82) is 0 Å². The second-order valence-electron chi connectivity index (χ2n) is 5.05. The zero-order chi connectivity index (χ0) is 13.5. The lowest BCUT2D eigenvalue weighted by Crippen LogP contribution is -2.26. The van der Waals surface area contributed by atoms with E-state index in [-0.39, 0.29) is 11.5 Å². The molecule has 0 saturated heterocycles. The smallest absolute Gasteiger partial charge is 0.245 e. The van der Waals surface area contributed by atoms with E-state index in [0.29, 0.717) is 22.0 Å². The first-order valence-electron chi connectivity index (χ1n) is 5.93. The van der Waals surface area contributed by atoms with Crippen LogP contribution in [0.4, 0.5) is 5.69 Å². The first-order chi connectivity index (χ1) is 8.34. The van der Waals surface area contributed by atoms with Crippen molar-refractivity contribution in [2.24, 2.45) is 5.73 Å². The number of nitrogens with two attached hydrogens (primary N) is 1.